The summed E-state index contributed by atoms with van der Waals surface area (Å²) in [5, 5.41) is 53.3. The van der Waals surface area contributed by atoms with Crippen LogP contribution in [0.4, 0.5) is 0 Å². The van der Waals surface area contributed by atoms with Crippen LogP contribution in [-0.2, 0) is 63.5 Å². The summed E-state index contributed by atoms with van der Waals surface area (Å²) in [6.45, 7) is 5.83. The third kappa shape index (κ3) is 2130. The molecule has 0 unspecified atom stereocenters. The second-order valence-electron chi connectivity index (χ2n) is 2.95. The summed E-state index contributed by atoms with van der Waals surface area (Å²) in [7, 11) is 0. The molecule has 0 saturated carbocycles. The fraction of sp³-hybridized carbons (Fsp3) is 0.500. The largest absolute Gasteiger partial charge is 3.00 e. The van der Waals surface area contributed by atoms with E-state index in [1.807, 2.05) is 0 Å². The zero-order valence-corrected chi connectivity index (χ0v) is 17.3. The van der Waals surface area contributed by atoms with Crippen LogP contribution in [0.2, 0.25) is 0 Å². The molecule has 0 aliphatic carbocycles. The SMILES string of the molecule is CC(=O)[O-].CC(=O)[O-].CC(=O)[O-].CC(=O)[O-].CC(=O)[O-].CC(=O)[O-].[Cr+3].[Cr+3]. The molecule has 0 amide bonds. The summed E-state index contributed by atoms with van der Waals surface area (Å²) in [4.78, 5) is 53.3. The van der Waals surface area contributed by atoms with Crippen LogP contribution in [0.25, 0.3) is 0 Å². The molecule has 0 atom stereocenters. The van der Waals surface area contributed by atoms with Gasteiger partial charge in [-0.2, -0.15) is 0 Å². The van der Waals surface area contributed by atoms with Crippen molar-refractivity contribution in [3.8, 4) is 0 Å². The minimum absolute atomic E-state index is 0. The van der Waals surface area contributed by atoms with Crippen molar-refractivity contribution in [3.63, 3.8) is 0 Å². The minimum atomic E-state index is -1.08. The monoisotopic (exact) mass is 458 g/mol. The van der Waals surface area contributed by atoms with Crippen LogP contribution in [0, 0.1) is 0 Å². The molecule has 0 bridgehead atoms. The van der Waals surface area contributed by atoms with E-state index in [0.717, 1.165) is 41.5 Å². The predicted molar refractivity (Wildman–Crippen MR) is 64.1 cm³/mol. The molecule has 12 nitrogen and oxygen atoms in total. The van der Waals surface area contributed by atoms with Gasteiger partial charge in [-0.3, -0.25) is 0 Å². The van der Waals surface area contributed by atoms with E-state index < -0.39 is 35.8 Å². The van der Waals surface area contributed by atoms with Crippen molar-refractivity contribution in [3.05, 3.63) is 0 Å². The van der Waals surface area contributed by atoms with Gasteiger partial charge < -0.3 is 59.4 Å². The molecule has 0 saturated heterocycles. The molecule has 150 valence electrons. The fourth-order valence-corrected chi connectivity index (χ4v) is 0. The van der Waals surface area contributed by atoms with Crippen LogP contribution < -0.4 is 30.6 Å². The number of hydrogen-bond acceptors (Lipinski definition) is 12. The molecule has 0 aliphatic heterocycles. The Bertz CT molecular complexity index is 265. The third-order valence-electron chi connectivity index (χ3n) is 0. The van der Waals surface area contributed by atoms with Gasteiger partial charge in [-0.25, -0.2) is 0 Å². The van der Waals surface area contributed by atoms with E-state index in [2.05, 4.69) is 0 Å². The smallest absolute Gasteiger partial charge is 0.550 e. The van der Waals surface area contributed by atoms with Gasteiger partial charge in [0, 0.05) is 35.8 Å². The van der Waals surface area contributed by atoms with E-state index in [9.17, 15) is 0 Å². The van der Waals surface area contributed by atoms with E-state index in [4.69, 9.17) is 59.4 Å². The molecule has 0 N–H and O–H groups in total. The van der Waals surface area contributed by atoms with Crippen molar-refractivity contribution in [1.82, 2.24) is 0 Å². The molecule has 26 heavy (non-hydrogen) atoms. The topological polar surface area (TPSA) is 241 Å². The second kappa shape index (κ2) is 43.4. The number of carbonyl (C=O) groups is 6. The summed E-state index contributed by atoms with van der Waals surface area (Å²) < 4.78 is 0. The maximum atomic E-state index is 8.89. The van der Waals surface area contributed by atoms with Crippen molar-refractivity contribution in [2.45, 2.75) is 41.5 Å². The average Bonchev–Trinajstić information content (AvgIpc) is 2.08. The Hall–Kier alpha value is -2.12. The quantitative estimate of drug-likeness (QED) is 0.329. The first kappa shape index (κ1) is 49.6. The summed E-state index contributed by atoms with van der Waals surface area (Å²) in [5.41, 5.74) is 0. The van der Waals surface area contributed by atoms with Gasteiger partial charge in [0.05, 0.1) is 0 Å². The Morgan fingerprint density at radius 2 is 0.346 bits per heavy atom. The Kier molecular flexibility index (Phi) is 82.8. The zero-order chi connectivity index (χ0) is 21.5. The van der Waals surface area contributed by atoms with Gasteiger partial charge in [-0.1, -0.05) is 0 Å². The van der Waals surface area contributed by atoms with Crippen LogP contribution >= 0.6 is 0 Å². The minimum Gasteiger partial charge on any atom is -0.550 e. The van der Waals surface area contributed by atoms with E-state index in [-0.39, 0.29) is 34.7 Å². The van der Waals surface area contributed by atoms with E-state index in [1.165, 1.54) is 0 Å². The van der Waals surface area contributed by atoms with E-state index in [1.54, 1.807) is 0 Å². The van der Waals surface area contributed by atoms with Gasteiger partial charge in [0.25, 0.3) is 0 Å². The Labute approximate surface area is 171 Å². The number of carbonyl (C=O) groups excluding carboxylic acids is 6. The van der Waals surface area contributed by atoms with Gasteiger partial charge >= 0.3 is 34.7 Å². The third-order valence-corrected chi connectivity index (χ3v) is 0. The first-order chi connectivity index (χ1) is 10.4. The first-order valence-corrected chi connectivity index (χ1v) is 5.45. The van der Waals surface area contributed by atoms with Gasteiger partial charge in [0.15, 0.2) is 0 Å². The van der Waals surface area contributed by atoms with Crippen LogP contribution in [0.5, 0.6) is 0 Å². The van der Waals surface area contributed by atoms with E-state index in [0.29, 0.717) is 0 Å². The molecule has 0 spiro atoms. The van der Waals surface area contributed by atoms with Crippen LogP contribution in [0.1, 0.15) is 41.5 Å². The van der Waals surface area contributed by atoms with Crippen molar-refractivity contribution in [1.29, 1.82) is 0 Å². The van der Waals surface area contributed by atoms with Gasteiger partial charge in [-0.05, 0) is 41.5 Å². The van der Waals surface area contributed by atoms with E-state index >= 15 is 0 Å². The van der Waals surface area contributed by atoms with Crippen molar-refractivity contribution in [2.24, 2.45) is 0 Å². The van der Waals surface area contributed by atoms with Crippen LogP contribution in [0.3, 0.4) is 0 Å². The number of hydrogen-bond donors (Lipinski definition) is 0. The standard InChI is InChI=1S/6C2H4O2.2Cr/c6*1-2(3)4;;/h6*1H3,(H,3,4);;/q;;;;;;2*+3/p-6. The summed E-state index contributed by atoms with van der Waals surface area (Å²) in [6, 6.07) is 0. The molecule has 0 heterocycles. The first-order valence-electron chi connectivity index (χ1n) is 5.45. The molecule has 14 heteroatoms. The summed E-state index contributed by atoms with van der Waals surface area (Å²) >= 11 is 0. The Balaban J connectivity index is -0.0000000245. The fourth-order valence-electron chi connectivity index (χ4n) is 0. The second-order valence-corrected chi connectivity index (χ2v) is 2.95. The zero-order valence-electron chi connectivity index (χ0n) is 14.7. The molecule has 2 radical (unpaired) electrons. The van der Waals surface area contributed by atoms with Crippen molar-refractivity contribution in [2.75, 3.05) is 0 Å². The number of rotatable bonds is 0. The molecule has 0 aromatic heterocycles. The van der Waals surface area contributed by atoms with Gasteiger partial charge in [0.1, 0.15) is 0 Å². The Morgan fingerprint density at radius 3 is 0.346 bits per heavy atom. The molecular formula is C12H18Cr2O12. The van der Waals surface area contributed by atoms with Crippen LogP contribution in [-0.4, -0.2) is 35.8 Å². The number of carboxylic acids is 6. The maximum absolute atomic E-state index is 8.89. The molecule has 0 aromatic carbocycles. The molecule has 0 aliphatic rings. The summed E-state index contributed by atoms with van der Waals surface area (Å²) in [6.07, 6.45) is 0. The number of carboxylic acid groups (broad SMARTS) is 6. The summed E-state index contributed by atoms with van der Waals surface area (Å²) in [5.74, 6) is -6.50. The van der Waals surface area contributed by atoms with Gasteiger partial charge in [0.2, 0.25) is 0 Å². The molecular weight excluding hydrogens is 440 g/mol. The Morgan fingerprint density at radius 1 is 0.346 bits per heavy atom. The van der Waals surface area contributed by atoms with Gasteiger partial charge in [-0.15, -0.1) is 0 Å². The van der Waals surface area contributed by atoms with Crippen molar-refractivity contribution < 1.29 is 94.1 Å². The van der Waals surface area contributed by atoms with Crippen LogP contribution in [0.15, 0.2) is 0 Å². The molecule has 0 fully saturated rings. The molecule has 0 rings (SSSR count). The number of aliphatic carboxylic acids is 6. The normalized spacial score (nSPS) is 5.77. The average molecular weight is 458 g/mol. The predicted octanol–water partition coefficient (Wildman–Crippen LogP) is -7.47. The van der Waals surface area contributed by atoms with Crippen molar-refractivity contribution >= 4 is 35.8 Å². The maximum Gasteiger partial charge on any atom is 3.00 e. The molecule has 0 aromatic rings.